The first kappa shape index (κ1) is 15.7. The number of carbonyl (C=O) groups is 1. The van der Waals surface area contributed by atoms with Crippen LogP contribution in [-0.2, 0) is 16.6 Å². The fourth-order valence-electron chi connectivity index (χ4n) is 2.08. The number of carboxylic acids is 1. The number of aromatic amines is 1. The zero-order valence-electron chi connectivity index (χ0n) is 11.7. The number of nitrogens with zero attached hydrogens (tertiary/aromatic N) is 1. The van der Waals surface area contributed by atoms with E-state index in [-0.39, 0.29) is 22.7 Å². The van der Waals surface area contributed by atoms with E-state index in [4.69, 9.17) is 5.11 Å². The summed E-state index contributed by atoms with van der Waals surface area (Å²) in [5.74, 6) is -1.18. The highest BCUT2D eigenvalue weighted by molar-refractivity contribution is 7.89. The quantitative estimate of drug-likeness (QED) is 0.771. The molecule has 0 unspecified atom stereocenters. The summed E-state index contributed by atoms with van der Waals surface area (Å²) in [5.41, 5.74) is 2.82. The van der Waals surface area contributed by atoms with Crippen molar-refractivity contribution in [3.63, 3.8) is 0 Å². The number of aryl methyl sites for hydroxylation is 2. The van der Waals surface area contributed by atoms with Gasteiger partial charge in [-0.2, -0.15) is 0 Å². The van der Waals surface area contributed by atoms with Gasteiger partial charge in [0, 0.05) is 22.7 Å². The van der Waals surface area contributed by atoms with Gasteiger partial charge in [-0.25, -0.2) is 22.9 Å². The van der Waals surface area contributed by atoms with Gasteiger partial charge < -0.3 is 10.1 Å². The second-order valence-corrected chi connectivity index (χ2v) is 7.21. The van der Waals surface area contributed by atoms with E-state index in [2.05, 4.69) is 14.7 Å². The normalized spacial score (nSPS) is 11.8. The number of aromatic nitrogens is 2. The summed E-state index contributed by atoms with van der Waals surface area (Å²) in [4.78, 5) is 18.5. The van der Waals surface area contributed by atoms with Crippen molar-refractivity contribution in [2.45, 2.75) is 32.2 Å². The summed E-state index contributed by atoms with van der Waals surface area (Å²) < 4.78 is 27.2. The van der Waals surface area contributed by atoms with E-state index in [1.807, 2.05) is 0 Å². The number of rotatable bonds is 5. The van der Waals surface area contributed by atoms with Crippen molar-refractivity contribution in [3.05, 3.63) is 33.0 Å². The minimum atomic E-state index is -3.79. The summed E-state index contributed by atoms with van der Waals surface area (Å²) in [6.45, 7) is 4.94. The Morgan fingerprint density at radius 1 is 1.43 bits per heavy atom. The summed E-state index contributed by atoms with van der Waals surface area (Å²) in [5, 5.41) is 9.03. The Bertz CT molecular complexity index is 790. The maximum absolute atomic E-state index is 12.4. The maximum Gasteiger partial charge on any atom is 0.352 e. The largest absolute Gasteiger partial charge is 0.477 e. The lowest BCUT2D eigenvalue weighted by Gasteiger charge is -2.07. The molecule has 0 bridgehead atoms. The Labute approximate surface area is 126 Å². The molecule has 21 heavy (non-hydrogen) atoms. The van der Waals surface area contributed by atoms with Crippen molar-refractivity contribution >= 4 is 27.3 Å². The summed E-state index contributed by atoms with van der Waals surface area (Å²) in [6, 6.07) is 0. The minimum absolute atomic E-state index is 0.0120. The molecular weight excluding hydrogens is 314 g/mol. The van der Waals surface area contributed by atoms with Crippen LogP contribution in [0.4, 0.5) is 0 Å². The molecule has 3 N–H and O–H groups in total. The highest BCUT2D eigenvalue weighted by atomic mass is 32.2. The maximum atomic E-state index is 12.4. The molecule has 2 rings (SSSR count). The molecular formula is C12H15N3O4S2. The van der Waals surface area contributed by atoms with Gasteiger partial charge in [-0.3, -0.25) is 0 Å². The molecule has 2 aromatic heterocycles. The molecule has 0 fully saturated rings. The molecule has 2 aromatic rings. The molecule has 7 nitrogen and oxygen atoms in total. The third-order valence-corrected chi connectivity index (χ3v) is 5.73. The Morgan fingerprint density at radius 2 is 2.10 bits per heavy atom. The topological polar surface area (TPSA) is 112 Å². The van der Waals surface area contributed by atoms with E-state index < -0.39 is 16.0 Å². The van der Waals surface area contributed by atoms with E-state index >= 15 is 0 Å². The Hall–Kier alpha value is -1.71. The van der Waals surface area contributed by atoms with Gasteiger partial charge in [-0.05, 0) is 20.8 Å². The fourth-order valence-corrected chi connectivity index (χ4v) is 4.32. The fraction of sp³-hybridized carbons (Fsp3) is 0.333. The molecule has 0 aliphatic heterocycles. The third-order valence-electron chi connectivity index (χ3n) is 3.12. The molecule has 0 aromatic carbocycles. The van der Waals surface area contributed by atoms with E-state index in [9.17, 15) is 13.2 Å². The van der Waals surface area contributed by atoms with E-state index in [1.165, 1.54) is 25.2 Å². The summed E-state index contributed by atoms with van der Waals surface area (Å²) >= 11 is 1.36. The van der Waals surface area contributed by atoms with Gasteiger partial charge in [-0.15, -0.1) is 11.3 Å². The molecule has 0 spiro atoms. The minimum Gasteiger partial charge on any atom is -0.477 e. The first-order chi connectivity index (χ1) is 9.74. The van der Waals surface area contributed by atoms with E-state index in [0.29, 0.717) is 5.69 Å². The van der Waals surface area contributed by atoms with Crippen LogP contribution in [0.2, 0.25) is 0 Å². The highest BCUT2D eigenvalue weighted by Gasteiger charge is 2.26. The number of sulfonamides is 1. The van der Waals surface area contributed by atoms with Crippen molar-refractivity contribution in [3.8, 4) is 0 Å². The molecule has 0 atom stereocenters. The van der Waals surface area contributed by atoms with E-state index in [1.54, 1.807) is 12.4 Å². The van der Waals surface area contributed by atoms with Crippen LogP contribution in [0, 0.1) is 20.8 Å². The van der Waals surface area contributed by atoms with Crippen LogP contribution in [0.15, 0.2) is 10.4 Å². The number of hydrogen-bond donors (Lipinski definition) is 3. The second-order valence-electron chi connectivity index (χ2n) is 4.57. The van der Waals surface area contributed by atoms with Crippen LogP contribution < -0.4 is 4.72 Å². The standard InChI is InChI=1S/C12H15N3O4S2/c1-6-10(12(16)17)15-8(3)11(6)21(18,19)14-4-9-7(2)13-5-20-9/h5,14-15H,4H2,1-3H3,(H,16,17). The molecule has 9 heteroatoms. The molecule has 0 amide bonds. The Kier molecular flexibility index (Phi) is 4.17. The summed E-state index contributed by atoms with van der Waals surface area (Å²) in [7, 11) is -3.79. The number of hydrogen-bond acceptors (Lipinski definition) is 5. The van der Waals surface area contributed by atoms with Crippen LogP contribution in [0.25, 0.3) is 0 Å². The number of nitrogens with one attached hydrogen (secondary N) is 2. The lowest BCUT2D eigenvalue weighted by Crippen LogP contribution is -2.24. The summed E-state index contributed by atoms with van der Waals surface area (Å²) in [6.07, 6.45) is 0. The number of carboxylic acid groups (broad SMARTS) is 1. The van der Waals surface area contributed by atoms with Gasteiger partial charge in [0.15, 0.2) is 0 Å². The van der Waals surface area contributed by atoms with Crippen molar-refractivity contribution < 1.29 is 18.3 Å². The first-order valence-corrected chi connectivity index (χ1v) is 8.41. The molecule has 2 heterocycles. The van der Waals surface area contributed by atoms with Gasteiger partial charge in [-0.1, -0.05) is 0 Å². The Balaban J connectivity index is 2.32. The zero-order chi connectivity index (χ0) is 15.8. The van der Waals surface area contributed by atoms with Crippen LogP contribution in [-0.4, -0.2) is 29.5 Å². The number of aromatic carboxylic acids is 1. The third kappa shape index (κ3) is 2.99. The van der Waals surface area contributed by atoms with Crippen molar-refractivity contribution in [2.75, 3.05) is 0 Å². The lowest BCUT2D eigenvalue weighted by atomic mass is 10.2. The highest BCUT2D eigenvalue weighted by Crippen LogP contribution is 2.23. The molecule has 114 valence electrons. The van der Waals surface area contributed by atoms with Gasteiger partial charge in [0.25, 0.3) is 0 Å². The van der Waals surface area contributed by atoms with E-state index in [0.717, 1.165) is 10.6 Å². The zero-order valence-corrected chi connectivity index (χ0v) is 13.4. The van der Waals surface area contributed by atoms with Gasteiger partial charge in [0.1, 0.15) is 10.6 Å². The molecule has 0 saturated carbocycles. The smallest absolute Gasteiger partial charge is 0.352 e. The van der Waals surface area contributed by atoms with Gasteiger partial charge >= 0.3 is 5.97 Å². The van der Waals surface area contributed by atoms with Gasteiger partial charge in [0.2, 0.25) is 10.0 Å². The molecule has 0 aliphatic rings. The molecule has 0 radical (unpaired) electrons. The van der Waals surface area contributed by atoms with Crippen LogP contribution >= 0.6 is 11.3 Å². The molecule has 0 aliphatic carbocycles. The monoisotopic (exact) mass is 329 g/mol. The average molecular weight is 329 g/mol. The SMILES string of the molecule is Cc1ncsc1CNS(=O)(=O)c1c(C)[nH]c(C(=O)O)c1C. The van der Waals surface area contributed by atoms with Crippen LogP contribution in [0.3, 0.4) is 0 Å². The molecule has 0 saturated heterocycles. The number of H-pyrrole nitrogens is 1. The second kappa shape index (κ2) is 5.58. The van der Waals surface area contributed by atoms with Gasteiger partial charge in [0.05, 0.1) is 11.2 Å². The predicted molar refractivity (Wildman–Crippen MR) is 78.1 cm³/mol. The lowest BCUT2D eigenvalue weighted by molar-refractivity contribution is 0.0690. The predicted octanol–water partition coefficient (Wildman–Crippen LogP) is 1.57. The average Bonchev–Trinajstić information content (AvgIpc) is 2.91. The van der Waals surface area contributed by atoms with Crippen LogP contribution in [0.5, 0.6) is 0 Å². The first-order valence-electron chi connectivity index (χ1n) is 6.05. The van der Waals surface area contributed by atoms with Crippen molar-refractivity contribution in [1.29, 1.82) is 0 Å². The van der Waals surface area contributed by atoms with Crippen molar-refractivity contribution in [1.82, 2.24) is 14.7 Å². The van der Waals surface area contributed by atoms with Crippen molar-refractivity contribution in [2.24, 2.45) is 0 Å². The van der Waals surface area contributed by atoms with Crippen LogP contribution in [0.1, 0.15) is 32.3 Å². The Morgan fingerprint density at radius 3 is 2.57 bits per heavy atom. The number of thiazole rings is 1.